The summed E-state index contributed by atoms with van der Waals surface area (Å²) in [6, 6.07) is 2.47. The molecule has 0 saturated carbocycles. The Balaban J connectivity index is 1.63. The Bertz CT molecular complexity index is 609. The number of carbonyl (C=O) groups is 1. The van der Waals surface area contributed by atoms with Gasteiger partial charge in [0, 0.05) is 51.4 Å². The van der Waals surface area contributed by atoms with Crippen LogP contribution in [0.5, 0.6) is 0 Å². The number of aryl methyl sites for hydroxylation is 3. The number of hydrogen-bond donors (Lipinski definition) is 2. The molecule has 1 aromatic rings. The first-order valence-electron chi connectivity index (χ1n) is 9.76. The van der Waals surface area contributed by atoms with Gasteiger partial charge in [-0.2, -0.15) is 5.10 Å². The lowest BCUT2D eigenvalue weighted by atomic mass is 10.0. The quantitative estimate of drug-likeness (QED) is 0.441. The van der Waals surface area contributed by atoms with Crippen molar-refractivity contribution in [3.05, 3.63) is 17.5 Å². The Morgan fingerprint density at radius 1 is 1.31 bits per heavy atom. The fourth-order valence-corrected chi connectivity index (χ4v) is 3.46. The van der Waals surface area contributed by atoms with E-state index in [1.165, 1.54) is 12.1 Å². The van der Waals surface area contributed by atoms with Gasteiger partial charge in [-0.05, 0) is 52.5 Å². The molecule has 0 aliphatic carbocycles. The lowest BCUT2D eigenvalue weighted by Gasteiger charge is -2.33. The summed E-state index contributed by atoms with van der Waals surface area (Å²) in [7, 11) is 1.75. The van der Waals surface area contributed by atoms with Crippen LogP contribution in [0.4, 0.5) is 0 Å². The predicted octanol–water partition coefficient (Wildman–Crippen LogP) is 1.85. The number of piperidine rings is 1. The number of rotatable bonds is 7. The van der Waals surface area contributed by atoms with E-state index >= 15 is 0 Å². The number of guanidine groups is 1. The third-order valence-corrected chi connectivity index (χ3v) is 4.92. The van der Waals surface area contributed by atoms with E-state index < -0.39 is 0 Å². The summed E-state index contributed by atoms with van der Waals surface area (Å²) >= 11 is 0. The van der Waals surface area contributed by atoms with E-state index in [4.69, 9.17) is 0 Å². The Morgan fingerprint density at radius 3 is 2.73 bits per heavy atom. The van der Waals surface area contributed by atoms with E-state index in [9.17, 15) is 4.79 Å². The maximum absolute atomic E-state index is 12.3. The number of hydrogen-bond acceptors (Lipinski definition) is 3. The molecule has 0 spiro atoms. The number of aliphatic imine (C=N–C) groups is 1. The lowest BCUT2D eigenvalue weighted by molar-refractivity contribution is -0.134. The molecule has 0 bridgehead atoms. The van der Waals surface area contributed by atoms with Gasteiger partial charge in [0.15, 0.2) is 5.96 Å². The average Bonchev–Trinajstić information content (AvgIpc) is 2.94. The van der Waals surface area contributed by atoms with E-state index in [1.807, 2.05) is 16.5 Å². The molecule has 1 aromatic heterocycles. The SMILES string of the molecule is CN=C(NCCCn1nc(C)cc1C)NCCC(=O)N1CCCCC1C. The molecule has 1 unspecified atom stereocenters. The van der Waals surface area contributed by atoms with Crippen LogP contribution in [0.3, 0.4) is 0 Å². The molecule has 146 valence electrons. The van der Waals surface area contributed by atoms with Crippen molar-refractivity contribution in [3.63, 3.8) is 0 Å². The van der Waals surface area contributed by atoms with Crippen molar-refractivity contribution < 1.29 is 4.79 Å². The van der Waals surface area contributed by atoms with E-state index in [2.05, 4.69) is 40.6 Å². The number of likely N-dealkylation sites (tertiary alicyclic amines) is 1. The largest absolute Gasteiger partial charge is 0.356 e. The molecule has 1 aliphatic heterocycles. The van der Waals surface area contributed by atoms with Crippen molar-refractivity contribution in [1.82, 2.24) is 25.3 Å². The van der Waals surface area contributed by atoms with Crippen LogP contribution in [-0.4, -0.2) is 59.3 Å². The van der Waals surface area contributed by atoms with Crippen molar-refractivity contribution in [1.29, 1.82) is 0 Å². The molecule has 2 heterocycles. The molecule has 2 N–H and O–H groups in total. The highest BCUT2D eigenvalue weighted by atomic mass is 16.2. The van der Waals surface area contributed by atoms with Crippen LogP contribution >= 0.6 is 0 Å². The maximum Gasteiger partial charge on any atom is 0.224 e. The highest BCUT2D eigenvalue weighted by Gasteiger charge is 2.22. The van der Waals surface area contributed by atoms with Crippen LogP contribution in [0, 0.1) is 13.8 Å². The van der Waals surface area contributed by atoms with Crippen LogP contribution in [-0.2, 0) is 11.3 Å². The van der Waals surface area contributed by atoms with Gasteiger partial charge in [-0.1, -0.05) is 0 Å². The lowest BCUT2D eigenvalue weighted by Crippen LogP contribution is -2.44. The molecular formula is C19H34N6O. The smallest absolute Gasteiger partial charge is 0.224 e. The summed E-state index contributed by atoms with van der Waals surface area (Å²) in [5.74, 6) is 0.988. The summed E-state index contributed by atoms with van der Waals surface area (Å²) in [5.41, 5.74) is 2.25. The molecule has 7 nitrogen and oxygen atoms in total. The molecule has 1 saturated heterocycles. The standard InChI is InChI=1S/C19H34N6O/c1-15-14-17(3)25(23-15)13-7-10-21-19(20-4)22-11-9-18(26)24-12-6-5-8-16(24)2/h14,16H,5-13H2,1-4H3,(H2,20,21,22). The number of amides is 1. The Morgan fingerprint density at radius 2 is 2.08 bits per heavy atom. The summed E-state index contributed by atoms with van der Waals surface area (Å²) in [6.45, 7) is 9.45. The molecule has 1 fully saturated rings. The van der Waals surface area contributed by atoms with Crippen LogP contribution < -0.4 is 10.6 Å². The minimum Gasteiger partial charge on any atom is -0.356 e. The minimum atomic E-state index is 0.240. The molecule has 26 heavy (non-hydrogen) atoms. The fourth-order valence-electron chi connectivity index (χ4n) is 3.46. The van der Waals surface area contributed by atoms with E-state index in [0.29, 0.717) is 19.0 Å². The number of nitrogens with zero attached hydrogens (tertiary/aromatic N) is 4. The van der Waals surface area contributed by atoms with Crippen molar-refractivity contribution in [2.75, 3.05) is 26.7 Å². The van der Waals surface area contributed by atoms with Crippen molar-refractivity contribution in [2.45, 2.75) is 65.5 Å². The number of nitrogens with one attached hydrogen (secondary N) is 2. The fraction of sp³-hybridized carbons (Fsp3) is 0.737. The van der Waals surface area contributed by atoms with Gasteiger partial charge >= 0.3 is 0 Å². The van der Waals surface area contributed by atoms with Crippen molar-refractivity contribution >= 4 is 11.9 Å². The van der Waals surface area contributed by atoms with Gasteiger partial charge in [0.2, 0.25) is 5.91 Å². The number of aromatic nitrogens is 2. The van der Waals surface area contributed by atoms with Crippen molar-refractivity contribution in [3.8, 4) is 0 Å². The highest BCUT2D eigenvalue weighted by molar-refractivity contribution is 5.81. The van der Waals surface area contributed by atoms with Gasteiger partial charge in [-0.15, -0.1) is 0 Å². The van der Waals surface area contributed by atoms with Crippen molar-refractivity contribution in [2.24, 2.45) is 4.99 Å². The minimum absolute atomic E-state index is 0.240. The molecule has 2 rings (SSSR count). The zero-order valence-electron chi connectivity index (χ0n) is 16.7. The Kier molecular flexibility index (Phi) is 7.94. The maximum atomic E-state index is 12.3. The molecule has 1 aliphatic rings. The van der Waals surface area contributed by atoms with Gasteiger partial charge in [-0.25, -0.2) is 0 Å². The number of carbonyl (C=O) groups excluding carboxylic acids is 1. The third-order valence-electron chi connectivity index (χ3n) is 4.92. The Labute approximate surface area is 157 Å². The Hall–Kier alpha value is -2.05. The summed E-state index contributed by atoms with van der Waals surface area (Å²) < 4.78 is 2.03. The van der Waals surface area contributed by atoms with Crippen LogP contribution in [0.1, 0.15) is 50.4 Å². The predicted molar refractivity (Wildman–Crippen MR) is 105 cm³/mol. The zero-order chi connectivity index (χ0) is 18.9. The topological polar surface area (TPSA) is 74.5 Å². The highest BCUT2D eigenvalue weighted by Crippen LogP contribution is 2.16. The van der Waals surface area contributed by atoms with Gasteiger partial charge in [-0.3, -0.25) is 14.5 Å². The zero-order valence-corrected chi connectivity index (χ0v) is 16.7. The van der Waals surface area contributed by atoms with Crippen LogP contribution in [0.2, 0.25) is 0 Å². The summed E-state index contributed by atoms with van der Waals surface area (Å²) in [5, 5.41) is 11.0. The first kappa shape index (κ1) is 20.3. The monoisotopic (exact) mass is 362 g/mol. The molecular weight excluding hydrogens is 328 g/mol. The average molecular weight is 363 g/mol. The van der Waals surface area contributed by atoms with Gasteiger partial charge in [0.1, 0.15) is 0 Å². The molecule has 0 aromatic carbocycles. The van der Waals surface area contributed by atoms with Gasteiger partial charge in [0.05, 0.1) is 5.69 Å². The van der Waals surface area contributed by atoms with Gasteiger partial charge in [0.25, 0.3) is 0 Å². The second kappa shape index (κ2) is 10.2. The normalized spacial score (nSPS) is 18.1. The second-order valence-electron chi connectivity index (χ2n) is 7.11. The molecule has 0 radical (unpaired) electrons. The summed E-state index contributed by atoms with van der Waals surface area (Å²) in [4.78, 5) is 18.6. The van der Waals surface area contributed by atoms with Gasteiger partial charge < -0.3 is 15.5 Å². The van der Waals surface area contributed by atoms with E-state index in [-0.39, 0.29) is 5.91 Å². The van der Waals surface area contributed by atoms with E-state index in [1.54, 1.807) is 7.05 Å². The molecule has 1 atom stereocenters. The summed E-state index contributed by atoms with van der Waals surface area (Å²) in [6.07, 6.45) is 4.96. The second-order valence-corrected chi connectivity index (χ2v) is 7.11. The van der Waals surface area contributed by atoms with E-state index in [0.717, 1.165) is 50.6 Å². The first-order chi connectivity index (χ1) is 12.5. The first-order valence-corrected chi connectivity index (χ1v) is 9.76. The van der Waals surface area contributed by atoms with Crippen LogP contribution in [0.15, 0.2) is 11.1 Å². The third kappa shape index (κ3) is 6.04. The molecule has 1 amide bonds. The van der Waals surface area contributed by atoms with Crippen LogP contribution in [0.25, 0.3) is 0 Å². The molecule has 7 heteroatoms.